The normalized spacial score (nSPS) is 20.8. The van der Waals surface area contributed by atoms with Crippen molar-refractivity contribution < 1.29 is 0 Å². The highest BCUT2D eigenvalue weighted by atomic mass is 14.3. The van der Waals surface area contributed by atoms with E-state index in [0.29, 0.717) is 5.41 Å². The molecule has 0 aromatic heterocycles. The van der Waals surface area contributed by atoms with E-state index in [1.54, 1.807) is 5.57 Å². The Hall–Kier alpha value is -1.30. The quantitative estimate of drug-likeness (QED) is 0.498. The highest BCUT2D eigenvalue weighted by Gasteiger charge is 2.26. The largest absolute Gasteiger partial charge is 0.0848 e. The summed E-state index contributed by atoms with van der Waals surface area (Å²) in [5, 5.41) is 0. The molecule has 0 fully saturated rings. The van der Waals surface area contributed by atoms with E-state index in [-0.39, 0.29) is 0 Å². The van der Waals surface area contributed by atoms with Gasteiger partial charge in [-0.05, 0) is 50.5 Å². The second kappa shape index (κ2) is 8.09. The summed E-state index contributed by atoms with van der Waals surface area (Å²) in [6, 6.07) is 0. The van der Waals surface area contributed by atoms with Gasteiger partial charge in [-0.3, -0.25) is 0 Å². The van der Waals surface area contributed by atoms with E-state index < -0.39 is 0 Å². The van der Waals surface area contributed by atoms with Crippen LogP contribution in [0.1, 0.15) is 60.3 Å². The molecule has 110 valence electrons. The predicted molar refractivity (Wildman–Crippen MR) is 91.8 cm³/mol. The average molecular weight is 270 g/mol. The van der Waals surface area contributed by atoms with Crippen LogP contribution < -0.4 is 0 Å². The summed E-state index contributed by atoms with van der Waals surface area (Å²) >= 11 is 0. The molecule has 0 aliphatic heterocycles. The van der Waals surface area contributed by atoms with Crippen LogP contribution in [0.4, 0.5) is 0 Å². The molecule has 0 N–H and O–H groups in total. The van der Waals surface area contributed by atoms with Gasteiger partial charge in [-0.2, -0.15) is 0 Å². The first-order valence-electron chi connectivity index (χ1n) is 7.86. The Balaban J connectivity index is 2.73. The van der Waals surface area contributed by atoms with Crippen LogP contribution in [0.15, 0.2) is 59.3 Å². The van der Waals surface area contributed by atoms with E-state index in [0.717, 1.165) is 6.42 Å². The van der Waals surface area contributed by atoms with Crippen LogP contribution in [0.3, 0.4) is 0 Å². The second-order valence-corrected chi connectivity index (χ2v) is 6.40. The molecule has 1 rings (SSSR count). The maximum atomic E-state index is 2.36. The summed E-state index contributed by atoms with van der Waals surface area (Å²) in [5.41, 5.74) is 4.73. The van der Waals surface area contributed by atoms with Crippen LogP contribution in [-0.4, -0.2) is 0 Å². The van der Waals surface area contributed by atoms with Crippen molar-refractivity contribution in [1.82, 2.24) is 0 Å². The summed E-state index contributed by atoms with van der Waals surface area (Å²) in [6.07, 6.45) is 20.2. The van der Waals surface area contributed by atoms with Crippen LogP contribution >= 0.6 is 0 Å². The van der Waals surface area contributed by atoms with Crippen LogP contribution in [0, 0.1) is 5.41 Å². The maximum Gasteiger partial charge on any atom is -0.0104 e. The van der Waals surface area contributed by atoms with Gasteiger partial charge in [0.2, 0.25) is 0 Å². The molecule has 0 aromatic rings. The Bertz CT molecular complexity index is 450. The first-order valence-corrected chi connectivity index (χ1v) is 7.86. The van der Waals surface area contributed by atoms with Crippen molar-refractivity contribution in [3.8, 4) is 0 Å². The zero-order valence-corrected chi connectivity index (χ0v) is 13.9. The van der Waals surface area contributed by atoms with E-state index >= 15 is 0 Å². The van der Waals surface area contributed by atoms with Gasteiger partial charge in [-0.25, -0.2) is 0 Å². The van der Waals surface area contributed by atoms with Crippen molar-refractivity contribution >= 4 is 0 Å². The Morgan fingerprint density at radius 3 is 2.60 bits per heavy atom. The highest BCUT2D eigenvalue weighted by molar-refractivity contribution is 5.36. The lowest BCUT2D eigenvalue weighted by molar-refractivity contribution is 0.377. The number of rotatable bonds is 5. The van der Waals surface area contributed by atoms with E-state index in [9.17, 15) is 0 Å². The minimum atomic E-state index is 0.332. The SMILES string of the molecule is CCC=C/C=C/C=C(C)/C=C/C1=C(C)CCCC1(C)C. The minimum absolute atomic E-state index is 0.332. The van der Waals surface area contributed by atoms with Gasteiger partial charge in [0.25, 0.3) is 0 Å². The van der Waals surface area contributed by atoms with Crippen molar-refractivity contribution in [2.24, 2.45) is 5.41 Å². The minimum Gasteiger partial charge on any atom is -0.0848 e. The molecule has 0 saturated carbocycles. The lowest BCUT2D eigenvalue weighted by Crippen LogP contribution is -2.19. The Morgan fingerprint density at radius 1 is 1.20 bits per heavy atom. The second-order valence-electron chi connectivity index (χ2n) is 6.40. The molecule has 0 unspecified atom stereocenters. The molecule has 0 bridgehead atoms. The van der Waals surface area contributed by atoms with Gasteiger partial charge >= 0.3 is 0 Å². The third kappa shape index (κ3) is 5.36. The Labute approximate surface area is 125 Å². The fourth-order valence-corrected chi connectivity index (χ4v) is 2.77. The molecule has 1 aliphatic rings. The monoisotopic (exact) mass is 270 g/mol. The molecular formula is C20H30. The standard InChI is InChI=1S/C20H30/c1-6-7-8-9-10-12-17(2)14-15-19-18(3)13-11-16-20(19,4)5/h7-10,12,14-15H,6,11,13,16H2,1-5H3/b8-7?,10-9+,15-14+,17-12+. The van der Waals surface area contributed by atoms with E-state index in [1.807, 2.05) is 0 Å². The summed E-state index contributed by atoms with van der Waals surface area (Å²) in [7, 11) is 0. The smallest absolute Gasteiger partial charge is 0.0104 e. The molecule has 0 nitrogen and oxygen atoms in total. The molecule has 1 aliphatic carbocycles. The van der Waals surface area contributed by atoms with Gasteiger partial charge in [-0.1, -0.05) is 74.4 Å². The zero-order valence-electron chi connectivity index (χ0n) is 13.9. The lowest BCUT2D eigenvalue weighted by atomic mass is 9.72. The number of hydrogen-bond acceptors (Lipinski definition) is 0. The van der Waals surface area contributed by atoms with Gasteiger partial charge in [0, 0.05) is 0 Å². The molecule has 0 radical (unpaired) electrons. The molecule has 20 heavy (non-hydrogen) atoms. The third-order valence-electron chi connectivity index (χ3n) is 4.01. The topological polar surface area (TPSA) is 0 Å². The molecule has 0 atom stereocenters. The van der Waals surface area contributed by atoms with Gasteiger partial charge in [0.05, 0.1) is 0 Å². The van der Waals surface area contributed by atoms with Crippen molar-refractivity contribution in [2.75, 3.05) is 0 Å². The summed E-state index contributed by atoms with van der Waals surface area (Å²) < 4.78 is 0. The first-order chi connectivity index (χ1) is 9.47. The van der Waals surface area contributed by atoms with Crippen molar-refractivity contribution in [3.63, 3.8) is 0 Å². The molecule has 0 aromatic carbocycles. The van der Waals surface area contributed by atoms with E-state index in [2.05, 4.69) is 77.2 Å². The Morgan fingerprint density at radius 2 is 1.95 bits per heavy atom. The Kier molecular flexibility index (Phi) is 6.78. The average Bonchev–Trinajstić information content (AvgIpc) is 2.37. The fourth-order valence-electron chi connectivity index (χ4n) is 2.77. The van der Waals surface area contributed by atoms with Crippen LogP contribution in [0.25, 0.3) is 0 Å². The van der Waals surface area contributed by atoms with Crippen molar-refractivity contribution in [3.05, 3.63) is 59.3 Å². The van der Waals surface area contributed by atoms with Crippen LogP contribution in [0.2, 0.25) is 0 Å². The molecule has 0 amide bonds. The van der Waals surface area contributed by atoms with Crippen molar-refractivity contribution in [2.45, 2.75) is 60.3 Å². The van der Waals surface area contributed by atoms with Gasteiger partial charge in [-0.15, -0.1) is 0 Å². The summed E-state index contributed by atoms with van der Waals surface area (Å²) in [6.45, 7) is 11.3. The van der Waals surface area contributed by atoms with E-state index in [4.69, 9.17) is 0 Å². The van der Waals surface area contributed by atoms with Crippen LogP contribution in [-0.2, 0) is 0 Å². The first kappa shape index (κ1) is 16.8. The number of hydrogen-bond donors (Lipinski definition) is 0. The summed E-state index contributed by atoms with van der Waals surface area (Å²) in [4.78, 5) is 0. The maximum absolute atomic E-state index is 2.36. The molecule has 0 spiro atoms. The van der Waals surface area contributed by atoms with E-state index in [1.165, 1.54) is 30.4 Å². The van der Waals surface area contributed by atoms with Crippen LogP contribution in [0.5, 0.6) is 0 Å². The van der Waals surface area contributed by atoms with Gasteiger partial charge in [0.1, 0.15) is 0 Å². The molecular weight excluding hydrogens is 240 g/mol. The zero-order chi connectivity index (χ0) is 15.0. The third-order valence-corrected chi connectivity index (χ3v) is 4.01. The van der Waals surface area contributed by atoms with Gasteiger partial charge < -0.3 is 0 Å². The van der Waals surface area contributed by atoms with Crippen molar-refractivity contribution in [1.29, 1.82) is 0 Å². The molecule has 0 heteroatoms. The predicted octanol–water partition coefficient (Wildman–Crippen LogP) is 6.54. The molecule has 0 heterocycles. The number of allylic oxidation sites excluding steroid dienone is 10. The summed E-state index contributed by atoms with van der Waals surface area (Å²) in [5.74, 6) is 0. The highest BCUT2D eigenvalue weighted by Crippen LogP contribution is 2.40. The molecule has 0 saturated heterocycles. The fraction of sp³-hybridized carbons (Fsp3) is 0.500. The van der Waals surface area contributed by atoms with Gasteiger partial charge in [0.15, 0.2) is 0 Å². The lowest BCUT2D eigenvalue weighted by Gasteiger charge is -2.32.